The topological polar surface area (TPSA) is 54.7 Å². The summed E-state index contributed by atoms with van der Waals surface area (Å²) in [5.74, 6) is 0.877. The van der Waals surface area contributed by atoms with Crippen LogP contribution in [0.5, 0.6) is 0 Å². The van der Waals surface area contributed by atoms with Gasteiger partial charge in [0, 0.05) is 11.3 Å². The first kappa shape index (κ1) is 10.5. The largest absolute Gasteiger partial charge is 0.344 e. The number of nitrogens with two attached hydrogens (primary N) is 1. The maximum Gasteiger partial charge on any atom is 0.120 e. The van der Waals surface area contributed by atoms with Gasteiger partial charge in [-0.25, -0.2) is 4.98 Å². The van der Waals surface area contributed by atoms with Gasteiger partial charge in [0.25, 0.3) is 0 Å². The van der Waals surface area contributed by atoms with Crippen LogP contribution in [-0.4, -0.2) is 9.97 Å². The molecule has 0 unspecified atom stereocenters. The number of H-pyrrole nitrogens is 1. The van der Waals surface area contributed by atoms with Gasteiger partial charge >= 0.3 is 0 Å². The highest BCUT2D eigenvalue weighted by Crippen LogP contribution is 2.41. The zero-order chi connectivity index (χ0) is 12.0. The minimum Gasteiger partial charge on any atom is -0.344 e. The Morgan fingerprint density at radius 1 is 1.35 bits per heavy atom. The first-order valence-corrected chi connectivity index (χ1v) is 5.99. The standard InChI is InChI=1S/C14H17N3/c1-14(2)7-11-13(17-12(8-15)16-11)9-5-3-4-6-10(9)14/h3-6H,7-8,15H2,1-2H3,(H,16,17). The monoisotopic (exact) mass is 227 g/mol. The molecule has 1 aromatic heterocycles. The number of nitrogens with one attached hydrogen (secondary N) is 1. The van der Waals surface area contributed by atoms with Crippen molar-refractivity contribution in [3.63, 3.8) is 0 Å². The molecular weight excluding hydrogens is 210 g/mol. The van der Waals surface area contributed by atoms with Crippen molar-refractivity contribution in [3.8, 4) is 11.3 Å². The molecule has 3 N–H and O–H groups in total. The van der Waals surface area contributed by atoms with Crippen LogP contribution < -0.4 is 5.73 Å². The van der Waals surface area contributed by atoms with E-state index in [1.807, 2.05) is 0 Å². The van der Waals surface area contributed by atoms with Gasteiger partial charge in [-0.05, 0) is 17.4 Å². The summed E-state index contributed by atoms with van der Waals surface area (Å²) in [6.07, 6.45) is 0.992. The number of hydrogen-bond donors (Lipinski definition) is 2. The smallest absolute Gasteiger partial charge is 0.120 e. The first-order valence-electron chi connectivity index (χ1n) is 5.99. The highest BCUT2D eigenvalue weighted by molar-refractivity contribution is 5.70. The SMILES string of the molecule is CC1(C)Cc2[nH]c(CN)nc2-c2ccccc21. The molecule has 0 fully saturated rings. The van der Waals surface area contributed by atoms with Gasteiger partial charge in [-0.2, -0.15) is 0 Å². The number of hydrogen-bond acceptors (Lipinski definition) is 2. The summed E-state index contributed by atoms with van der Waals surface area (Å²) in [4.78, 5) is 7.94. The van der Waals surface area contributed by atoms with E-state index in [9.17, 15) is 0 Å². The number of benzene rings is 1. The van der Waals surface area contributed by atoms with Crippen LogP contribution in [-0.2, 0) is 18.4 Å². The molecule has 3 nitrogen and oxygen atoms in total. The quantitative estimate of drug-likeness (QED) is 0.785. The van der Waals surface area contributed by atoms with E-state index in [-0.39, 0.29) is 5.41 Å². The van der Waals surface area contributed by atoms with Crippen LogP contribution in [0.2, 0.25) is 0 Å². The summed E-state index contributed by atoms with van der Waals surface area (Å²) in [6.45, 7) is 5.02. The Morgan fingerprint density at radius 2 is 2.12 bits per heavy atom. The Morgan fingerprint density at radius 3 is 2.88 bits per heavy atom. The van der Waals surface area contributed by atoms with Gasteiger partial charge in [-0.3, -0.25) is 0 Å². The molecule has 3 rings (SSSR count). The van der Waals surface area contributed by atoms with Gasteiger partial charge in [-0.1, -0.05) is 38.1 Å². The fraction of sp³-hybridized carbons (Fsp3) is 0.357. The number of aromatic nitrogens is 2. The van der Waals surface area contributed by atoms with Crippen molar-refractivity contribution >= 4 is 0 Å². The molecule has 2 aromatic rings. The van der Waals surface area contributed by atoms with E-state index in [1.165, 1.54) is 16.8 Å². The lowest BCUT2D eigenvalue weighted by Gasteiger charge is -2.31. The van der Waals surface area contributed by atoms with Crippen molar-refractivity contribution in [2.75, 3.05) is 0 Å². The molecule has 0 bridgehead atoms. The van der Waals surface area contributed by atoms with Gasteiger partial charge in [-0.15, -0.1) is 0 Å². The number of fused-ring (bicyclic) bond motifs is 3. The third kappa shape index (κ3) is 1.50. The van der Waals surface area contributed by atoms with Crippen molar-refractivity contribution in [3.05, 3.63) is 41.3 Å². The molecule has 0 atom stereocenters. The van der Waals surface area contributed by atoms with Crippen molar-refractivity contribution < 1.29 is 0 Å². The van der Waals surface area contributed by atoms with Crippen LogP contribution in [0, 0.1) is 0 Å². The fourth-order valence-electron chi connectivity index (χ4n) is 2.73. The average molecular weight is 227 g/mol. The Hall–Kier alpha value is -1.61. The molecule has 1 aliphatic carbocycles. The summed E-state index contributed by atoms with van der Waals surface area (Å²) in [7, 11) is 0. The normalized spacial score (nSPS) is 16.4. The minimum atomic E-state index is 0.155. The molecule has 17 heavy (non-hydrogen) atoms. The summed E-state index contributed by atoms with van der Waals surface area (Å²) < 4.78 is 0. The predicted molar refractivity (Wildman–Crippen MR) is 68.6 cm³/mol. The average Bonchev–Trinajstić information content (AvgIpc) is 2.71. The molecule has 3 heteroatoms. The van der Waals surface area contributed by atoms with Crippen LogP contribution in [0.4, 0.5) is 0 Å². The molecule has 0 aliphatic heterocycles. The molecule has 1 heterocycles. The Labute approximate surface area is 101 Å². The first-order chi connectivity index (χ1) is 8.12. The lowest BCUT2D eigenvalue weighted by molar-refractivity contribution is 0.510. The molecule has 0 amide bonds. The molecule has 88 valence electrons. The van der Waals surface area contributed by atoms with Crippen LogP contribution in [0.1, 0.15) is 30.9 Å². The molecular formula is C14H17N3. The van der Waals surface area contributed by atoms with Crippen LogP contribution in [0.25, 0.3) is 11.3 Å². The Balaban J connectivity index is 2.26. The maximum atomic E-state index is 5.66. The highest BCUT2D eigenvalue weighted by Gasteiger charge is 2.32. The second-order valence-electron chi connectivity index (χ2n) is 5.32. The summed E-state index contributed by atoms with van der Waals surface area (Å²) in [5, 5.41) is 0. The van der Waals surface area contributed by atoms with Crippen molar-refractivity contribution in [1.82, 2.24) is 9.97 Å². The minimum absolute atomic E-state index is 0.155. The number of rotatable bonds is 1. The van der Waals surface area contributed by atoms with Gasteiger partial charge in [0.05, 0.1) is 12.2 Å². The third-order valence-corrected chi connectivity index (χ3v) is 3.55. The lowest BCUT2D eigenvalue weighted by Crippen LogP contribution is -2.25. The van der Waals surface area contributed by atoms with E-state index < -0.39 is 0 Å². The van der Waals surface area contributed by atoms with Gasteiger partial charge in [0.15, 0.2) is 0 Å². The van der Waals surface area contributed by atoms with E-state index in [0.717, 1.165) is 17.9 Å². The maximum absolute atomic E-state index is 5.66. The molecule has 0 radical (unpaired) electrons. The molecule has 1 aliphatic rings. The number of imidazole rings is 1. The van der Waals surface area contributed by atoms with E-state index in [4.69, 9.17) is 5.73 Å². The van der Waals surface area contributed by atoms with Crippen molar-refractivity contribution in [2.24, 2.45) is 5.73 Å². The number of nitrogens with zero attached hydrogens (tertiary/aromatic N) is 1. The Kier molecular flexibility index (Phi) is 2.13. The zero-order valence-electron chi connectivity index (χ0n) is 10.2. The summed E-state index contributed by atoms with van der Waals surface area (Å²) in [6, 6.07) is 8.52. The van der Waals surface area contributed by atoms with E-state index in [2.05, 4.69) is 48.1 Å². The van der Waals surface area contributed by atoms with Crippen LogP contribution in [0.15, 0.2) is 24.3 Å². The molecule has 0 saturated carbocycles. The molecule has 0 saturated heterocycles. The van der Waals surface area contributed by atoms with Crippen LogP contribution in [0.3, 0.4) is 0 Å². The van der Waals surface area contributed by atoms with Crippen LogP contribution >= 0.6 is 0 Å². The van der Waals surface area contributed by atoms with Crippen molar-refractivity contribution in [1.29, 1.82) is 0 Å². The molecule has 0 spiro atoms. The highest BCUT2D eigenvalue weighted by atomic mass is 15.0. The van der Waals surface area contributed by atoms with Gasteiger partial charge in [0.1, 0.15) is 5.82 Å². The zero-order valence-corrected chi connectivity index (χ0v) is 10.2. The second kappa shape index (κ2) is 3.44. The summed E-state index contributed by atoms with van der Waals surface area (Å²) >= 11 is 0. The van der Waals surface area contributed by atoms with Crippen molar-refractivity contribution in [2.45, 2.75) is 32.2 Å². The Bertz CT molecular complexity index is 567. The van der Waals surface area contributed by atoms with Gasteiger partial charge in [0.2, 0.25) is 0 Å². The number of aromatic amines is 1. The van der Waals surface area contributed by atoms with E-state index >= 15 is 0 Å². The van der Waals surface area contributed by atoms with Gasteiger partial charge < -0.3 is 10.7 Å². The third-order valence-electron chi connectivity index (χ3n) is 3.55. The predicted octanol–water partition coefficient (Wildman–Crippen LogP) is 2.37. The molecule has 1 aromatic carbocycles. The lowest BCUT2D eigenvalue weighted by atomic mass is 9.73. The van der Waals surface area contributed by atoms with E-state index in [1.54, 1.807) is 0 Å². The summed E-state index contributed by atoms with van der Waals surface area (Å²) in [5.41, 5.74) is 10.7. The van der Waals surface area contributed by atoms with E-state index in [0.29, 0.717) is 6.54 Å². The second-order valence-corrected chi connectivity index (χ2v) is 5.32. The fourth-order valence-corrected chi connectivity index (χ4v) is 2.73.